The zero-order valence-electron chi connectivity index (χ0n) is 9.95. The molecule has 3 nitrogen and oxygen atoms in total. The molecule has 0 aliphatic rings. The van der Waals surface area contributed by atoms with Gasteiger partial charge in [-0.2, -0.15) is 0 Å². The van der Waals surface area contributed by atoms with Crippen LogP contribution in [0, 0.1) is 0 Å². The number of benzene rings is 2. The van der Waals surface area contributed by atoms with Crippen LogP contribution in [0.2, 0.25) is 0 Å². The van der Waals surface area contributed by atoms with Crippen molar-refractivity contribution in [3.63, 3.8) is 0 Å². The van der Waals surface area contributed by atoms with Crippen LogP contribution in [-0.4, -0.2) is 13.5 Å². The Morgan fingerprint density at radius 1 is 0.944 bits per heavy atom. The van der Waals surface area contributed by atoms with E-state index < -0.39 is 15.9 Å². The molecule has 0 aliphatic heterocycles. The summed E-state index contributed by atoms with van der Waals surface area (Å²) >= 11 is 0. The zero-order valence-corrected chi connectivity index (χ0v) is 10.8. The lowest BCUT2D eigenvalue weighted by Gasteiger charge is -2.12. The molecule has 0 saturated heterocycles. The summed E-state index contributed by atoms with van der Waals surface area (Å²) in [5.74, 6) is 0. The first kappa shape index (κ1) is 12.8. The van der Waals surface area contributed by atoms with Crippen molar-refractivity contribution >= 4 is 9.84 Å². The maximum absolute atomic E-state index is 12.4. The van der Waals surface area contributed by atoms with Crippen LogP contribution >= 0.6 is 0 Å². The first-order valence-electron chi connectivity index (χ1n) is 5.60. The van der Waals surface area contributed by atoms with E-state index in [1.807, 2.05) is 0 Å². The molecule has 0 aromatic heterocycles. The van der Waals surface area contributed by atoms with Gasteiger partial charge in [-0.3, -0.25) is 0 Å². The Labute approximate surface area is 107 Å². The van der Waals surface area contributed by atoms with Crippen molar-refractivity contribution in [2.24, 2.45) is 0 Å². The van der Waals surface area contributed by atoms with E-state index in [-0.39, 0.29) is 9.79 Å². The Kier molecular flexibility index (Phi) is 3.50. The molecule has 2 aromatic rings. The Hall–Kier alpha value is -1.65. The summed E-state index contributed by atoms with van der Waals surface area (Å²) < 4.78 is 24.9. The average Bonchev–Trinajstić information content (AvgIpc) is 2.39. The highest BCUT2D eigenvalue weighted by Crippen LogP contribution is 2.27. The minimum absolute atomic E-state index is 0.159. The molecular formula is C14H14O3S. The van der Waals surface area contributed by atoms with Crippen LogP contribution in [0.5, 0.6) is 0 Å². The van der Waals surface area contributed by atoms with Crippen LogP contribution < -0.4 is 0 Å². The predicted molar refractivity (Wildman–Crippen MR) is 69.0 cm³/mol. The van der Waals surface area contributed by atoms with Gasteiger partial charge < -0.3 is 5.11 Å². The van der Waals surface area contributed by atoms with Crippen molar-refractivity contribution < 1.29 is 13.5 Å². The van der Waals surface area contributed by atoms with E-state index in [1.54, 1.807) is 55.5 Å². The highest BCUT2D eigenvalue weighted by molar-refractivity contribution is 7.91. The van der Waals surface area contributed by atoms with Gasteiger partial charge in [-0.15, -0.1) is 0 Å². The second-order valence-corrected chi connectivity index (χ2v) is 5.95. The molecule has 0 amide bonds. The van der Waals surface area contributed by atoms with Gasteiger partial charge in [0.05, 0.1) is 15.9 Å². The van der Waals surface area contributed by atoms with Crippen LogP contribution in [0.3, 0.4) is 0 Å². The van der Waals surface area contributed by atoms with Gasteiger partial charge >= 0.3 is 0 Å². The van der Waals surface area contributed by atoms with Crippen LogP contribution in [-0.2, 0) is 9.84 Å². The topological polar surface area (TPSA) is 54.4 Å². The van der Waals surface area contributed by atoms with E-state index in [9.17, 15) is 13.5 Å². The molecule has 0 fully saturated rings. The van der Waals surface area contributed by atoms with Crippen LogP contribution in [0.15, 0.2) is 64.4 Å². The fraction of sp³-hybridized carbons (Fsp3) is 0.143. The van der Waals surface area contributed by atoms with Crippen LogP contribution in [0.25, 0.3) is 0 Å². The Morgan fingerprint density at radius 2 is 1.50 bits per heavy atom. The van der Waals surface area contributed by atoms with Crippen molar-refractivity contribution in [3.8, 4) is 0 Å². The van der Waals surface area contributed by atoms with Gasteiger partial charge in [0.2, 0.25) is 9.84 Å². The third kappa shape index (κ3) is 2.30. The summed E-state index contributed by atoms with van der Waals surface area (Å²) in [5.41, 5.74) is 0.418. The molecule has 0 spiro atoms. The Morgan fingerprint density at radius 3 is 2.11 bits per heavy atom. The molecule has 18 heavy (non-hydrogen) atoms. The van der Waals surface area contributed by atoms with Gasteiger partial charge in [0, 0.05) is 0 Å². The van der Waals surface area contributed by atoms with Crippen molar-refractivity contribution in [1.82, 2.24) is 0 Å². The summed E-state index contributed by atoms with van der Waals surface area (Å²) in [6.07, 6.45) is -0.820. The number of hydrogen-bond donors (Lipinski definition) is 1. The predicted octanol–water partition coefficient (Wildman–Crippen LogP) is 2.57. The van der Waals surface area contributed by atoms with Gasteiger partial charge in [0.15, 0.2) is 0 Å². The summed E-state index contributed by atoms with van der Waals surface area (Å²) in [7, 11) is -3.57. The first-order chi connectivity index (χ1) is 8.53. The van der Waals surface area contributed by atoms with Crippen molar-refractivity contribution in [3.05, 3.63) is 60.2 Å². The van der Waals surface area contributed by atoms with Crippen molar-refractivity contribution in [2.75, 3.05) is 0 Å². The zero-order chi connectivity index (χ0) is 13.2. The van der Waals surface area contributed by atoms with E-state index in [0.29, 0.717) is 5.56 Å². The van der Waals surface area contributed by atoms with Gasteiger partial charge in [-0.25, -0.2) is 8.42 Å². The molecule has 1 N–H and O–H groups in total. The molecule has 0 saturated carbocycles. The van der Waals surface area contributed by atoms with Gasteiger partial charge in [-0.1, -0.05) is 36.4 Å². The van der Waals surface area contributed by atoms with Crippen molar-refractivity contribution in [1.29, 1.82) is 0 Å². The fourth-order valence-electron chi connectivity index (χ4n) is 1.80. The Bertz CT molecular complexity index is 631. The largest absolute Gasteiger partial charge is 0.389 e. The molecule has 2 aromatic carbocycles. The summed E-state index contributed by atoms with van der Waals surface area (Å²) in [4.78, 5) is 0.393. The number of aliphatic hydroxyl groups is 1. The van der Waals surface area contributed by atoms with E-state index >= 15 is 0 Å². The third-order valence-electron chi connectivity index (χ3n) is 2.71. The molecule has 0 bridgehead atoms. The van der Waals surface area contributed by atoms with E-state index in [0.717, 1.165) is 0 Å². The Balaban J connectivity index is 2.63. The second kappa shape index (κ2) is 4.92. The molecule has 1 atom stereocenters. The number of hydrogen-bond acceptors (Lipinski definition) is 3. The lowest BCUT2D eigenvalue weighted by atomic mass is 10.1. The molecule has 94 valence electrons. The van der Waals surface area contributed by atoms with Crippen molar-refractivity contribution in [2.45, 2.75) is 22.8 Å². The quantitative estimate of drug-likeness (QED) is 0.925. The van der Waals surface area contributed by atoms with Gasteiger partial charge in [0.1, 0.15) is 0 Å². The van der Waals surface area contributed by atoms with Gasteiger partial charge in [-0.05, 0) is 30.7 Å². The summed E-state index contributed by atoms with van der Waals surface area (Å²) in [5, 5.41) is 9.65. The summed E-state index contributed by atoms with van der Waals surface area (Å²) in [6.45, 7) is 1.55. The standard InChI is InChI=1S/C14H14O3S/c1-11(15)13-9-5-6-10-14(13)18(16,17)12-7-3-2-4-8-12/h2-11,15H,1H3. The minimum atomic E-state index is -3.57. The lowest BCUT2D eigenvalue weighted by molar-refractivity contribution is 0.196. The smallest absolute Gasteiger partial charge is 0.206 e. The van der Waals surface area contributed by atoms with E-state index in [2.05, 4.69) is 0 Å². The normalized spacial score (nSPS) is 13.2. The second-order valence-electron chi connectivity index (χ2n) is 4.03. The average molecular weight is 262 g/mol. The molecule has 2 rings (SSSR count). The molecule has 4 heteroatoms. The van der Waals surface area contributed by atoms with E-state index in [1.165, 1.54) is 6.07 Å². The SMILES string of the molecule is CC(O)c1ccccc1S(=O)(=O)c1ccccc1. The number of rotatable bonds is 3. The number of sulfone groups is 1. The molecule has 0 heterocycles. The maximum Gasteiger partial charge on any atom is 0.206 e. The molecule has 0 aliphatic carbocycles. The first-order valence-corrected chi connectivity index (χ1v) is 7.09. The molecule has 0 radical (unpaired) electrons. The highest BCUT2D eigenvalue weighted by atomic mass is 32.2. The van der Waals surface area contributed by atoms with E-state index in [4.69, 9.17) is 0 Å². The van der Waals surface area contributed by atoms with Gasteiger partial charge in [0.25, 0.3) is 0 Å². The lowest BCUT2D eigenvalue weighted by Crippen LogP contribution is -2.07. The summed E-state index contributed by atoms with van der Waals surface area (Å²) in [6, 6.07) is 14.7. The molecular weight excluding hydrogens is 248 g/mol. The number of aliphatic hydroxyl groups excluding tert-OH is 1. The van der Waals surface area contributed by atoms with Crippen LogP contribution in [0.1, 0.15) is 18.6 Å². The maximum atomic E-state index is 12.4. The minimum Gasteiger partial charge on any atom is -0.389 e. The monoisotopic (exact) mass is 262 g/mol. The molecule has 1 unspecified atom stereocenters. The highest BCUT2D eigenvalue weighted by Gasteiger charge is 2.22. The fourth-order valence-corrected chi connectivity index (χ4v) is 3.37. The van der Waals surface area contributed by atoms with Crippen LogP contribution in [0.4, 0.5) is 0 Å². The third-order valence-corrected chi connectivity index (χ3v) is 4.56.